The maximum atomic E-state index is 11.2. The quantitative estimate of drug-likeness (QED) is 0.326. The van der Waals surface area contributed by atoms with Crippen LogP contribution in [-0.4, -0.2) is 26.0 Å². The van der Waals surface area contributed by atoms with Crippen molar-refractivity contribution in [3.05, 3.63) is 35.9 Å². The summed E-state index contributed by atoms with van der Waals surface area (Å²) in [6, 6.07) is 6.93. The van der Waals surface area contributed by atoms with Crippen molar-refractivity contribution in [2.75, 3.05) is 13.7 Å². The van der Waals surface area contributed by atoms with Gasteiger partial charge in [-0.2, -0.15) is 0 Å². The van der Waals surface area contributed by atoms with Crippen LogP contribution in [0.5, 0.6) is 5.75 Å². The van der Waals surface area contributed by atoms with Crippen LogP contribution in [0, 0.1) is 0 Å². The Hall–Kier alpha value is -1.94. The van der Waals surface area contributed by atoms with Crippen LogP contribution >= 0.6 is 0 Å². The summed E-state index contributed by atoms with van der Waals surface area (Å²) < 4.78 is 9.70. The van der Waals surface area contributed by atoms with Crippen molar-refractivity contribution < 1.29 is 19.1 Å². The normalized spacial score (nSPS) is 10.3. The zero-order valence-corrected chi connectivity index (χ0v) is 8.88. The van der Waals surface area contributed by atoms with Crippen molar-refractivity contribution in [3.8, 4) is 5.75 Å². The molecule has 0 bridgehead atoms. The molecule has 0 saturated carbocycles. The van der Waals surface area contributed by atoms with E-state index < -0.39 is 5.97 Å². The maximum absolute atomic E-state index is 11.2. The summed E-state index contributed by atoms with van der Waals surface area (Å²) in [5, 5.41) is 0. The molecular formula is C12H12O4. The fourth-order valence-corrected chi connectivity index (χ4v) is 1.12. The van der Waals surface area contributed by atoms with Gasteiger partial charge in [-0.15, -0.1) is 0 Å². The number of carbonyl (C=O) groups excluding carboxylic acids is 2. The molecule has 1 rings (SSSR count). The monoisotopic (exact) mass is 220 g/mol. The third-order valence-corrected chi connectivity index (χ3v) is 1.76. The predicted molar refractivity (Wildman–Crippen MR) is 59.1 cm³/mol. The smallest absolute Gasteiger partial charge is 0.337 e. The number of benzene rings is 1. The van der Waals surface area contributed by atoms with Gasteiger partial charge in [-0.1, -0.05) is 18.2 Å². The Morgan fingerprint density at radius 2 is 2.12 bits per heavy atom. The molecule has 1 aromatic rings. The Labute approximate surface area is 93.5 Å². The van der Waals surface area contributed by atoms with Crippen molar-refractivity contribution in [2.24, 2.45) is 0 Å². The summed E-state index contributed by atoms with van der Waals surface area (Å²) in [5.41, 5.74) is 0.666. The summed E-state index contributed by atoms with van der Waals surface area (Å²) >= 11 is 0. The molecule has 4 heteroatoms. The van der Waals surface area contributed by atoms with Crippen LogP contribution in [0.1, 0.15) is 5.56 Å². The summed E-state index contributed by atoms with van der Waals surface area (Å²) in [4.78, 5) is 21.4. The third-order valence-electron chi connectivity index (χ3n) is 1.76. The predicted octanol–water partition coefficient (Wildman–Crippen LogP) is 1.45. The van der Waals surface area contributed by atoms with E-state index in [9.17, 15) is 9.59 Å². The Balaban J connectivity index is 2.82. The van der Waals surface area contributed by atoms with E-state index in [-0.39, 0.29) is 6.61 Å². The fourth-order valence-electron chi connectivity index (χ4n) is 1.12. The SMILES string of the molecule is COCC(=O)Oc1ccccc1C=CC=O. The molecule has 0 atom stereocenters. The molecular weight excluding hydrogens is 208 g/mol. The van der Waals surface area contributed by atoms with Gasteiger partial charge in [0, 0.05) is 12.7 Å². The Kier molecular flexibility index (Phi) is 4.95. The second-order valence-electron chi connectivity index (χ2n) is 2.94. The molecule has 0 aromatic heterocycles. The van der Waals surface area contributed by atoms with Crippen LogP contribution < -0.4 is 4.74 Å². The van der Waals surface area contributed by atoms with E-state index in [0.717, 1.165) is 0 Å². The molecule has 0 N–H and O–H groups in total. The Bertz CT molecular complexity index is 396. The minimum atomic E-state index is -0.477. The number of hydrogen-bond acceptors (Lipinski definition) is 4. The van der Waals surface area contributed by atoms with Crippen molar-refractivity contribution in [3.63, 3.8) is 0 Å². The van der Waals surface area contributed by atoms with Gasteiger partial charge in [0.2, 0.25) is 0 Å². The van der Waals surface area contributed by atoms with Crippen LogP contribution in [0.25, 0.3) is 6.08 Å². The second-order valence-corrected chi connectivity index (χ2v) is 2.94. The first kappa shape index (κ1) is 12.1. The molecule has 84 valence electrons. The molecule has 1 aromatic carbocycles. The summed E-state index contributed by atoms with van der Waals surface area (Å²) in [5.74, 6) is -0.0721. The minimum Gasteiger partial charge on any atom is -0.424 e. The highest BCUT2D eigenvalue weighted by atomic mass is 16.6. The van der Waals surface area contributed by atoms with Crippen LogP contribution in [0.3, 0.4) is 0 Å². The molecule has 0 amide bonds. The molecule has 16 heavy (non-hydrogen) atoms. The van der Waals surface area contributed by atoms with E-state index in [1.54, 1.807) is 30.3 Å². The molecule has 0 radical (unpaired) electrons. The number of allylic oxidation sites excluding steroid dienone is 1. The zero-order chi connectivity index (χ0) is 11.8. The summed E-state index contributed by atoms with van der Waals surface area (Å²) in [6.07, 6.45) is 3.57. The van der Waals surface area contributed by atoms with Crippen LogP contribution in [0.2, 0.25) is 0 Å². The van der Waals surface area contributed by atoms with Gasteiger partial charge in [-0.05, 0) is 18.2 Å². The lowest BCUT2D eigenvalue weighted by molar-refractivity contribution is -0.138. The van der Waals surface area contributed by atoms with Gasteiger partial charge in [-0.3, -0.25) is 4.79 Å². The molecule has 0 aliphatic rings. The first-order valence-corrected chi connectivity index (χ1v) is 4.68. The number of esters is 1. The average molecular weight is 220 g/mol. The Morgan fingerprint density at radius 1 is 1.38 bits per heavy atom. The van der Waals surface area contributed by atoms with Crippen molar-refractivity contribution in [2.45, 2.75) is 0 Å². The lowest BCUT2D eigenvalue weighted by Crippen LogP contribution is -2.14. The molecule has 0 spiro atoms. The van der Waals surface area contributed by atoms with E-state index in [4.69, 9.17) is 4.74 Å². The van der Waals surface area contributed by atoms with Crippen molar-refractivity contribution >= 4 is 18.3 Å². The fraction of sp³-hybridized carbons (Fsp3) is 0.167. The first-order valence-electron chi connectivity index (χ1n) is 4.68. The number of ether oxygens (including phenoxy) is 2. The minimum absolute atomic E-state index is 0.105. The van der Waals surface area contributed by atoms with E-state index >= 15 is 0 Å². The highest BCUT2D eigenvalue weighted by Gasteiger charge is 2.06. The number of para-hydroxylation sites is 1. The molecule has 0 heterocycles. The summed E-state index contributed by atoms with van der Waals surface area (Å²) in [7, 11) is 1.42. The molecule has 0 aliphatic carbocycles. The lowest BCUT2D eigenvalue weighted by Gasteiger charge is -2.06. The van der Waals surface area contributed by atoms with E-state index in [1.807, 2.05) is 0 Å². The highest BCUT2D eigenvalue weighted by Crippen LogP contribution is 2.19. The van der Waals surface area contributed by atoms with Gasteiger partial charge in [0.05, 0.1) is 0 Å². The van der Waals surface area contributed by atoms with Gasteiger partial charge in [0.1, 0.15) is 18.6 Å². The van der Waals surface area contributed by atoms with E-state index in [1.165, 1.54) is 13.2 Å². The van der Waals surface area contributed by atoms with Crippen molar-refractivity contribution in [1.29, 1.82) is 0 Å². The zero-order valence-electron chi connectivity index (χ0n) is 8.88. The average Bonchev–Trinajstić information content (AvgIpc) is 2.28. The van der Waals surface area contributed by atoms with Crippen LogP contribution in [0.15, 0.2) is 30.3 Å². The largest absolute Gasteiger partial charge is 0.424 e. The number of hydrogen-bond donors (Lipinski definition) is 0. The number of aldehydes is 1. The summed E-state index contributed by atoms with van der Waals surface area (Å²) in [6.45, 7) is -0.105. The molecule has 0 fully saturated rings. The molecule has 4 nitrogen and oxygen atoms in total. The maximum Gasteiger partial charge on any atom is 0.337 e. The molecule has 0 aliphatic heterocycles. The topological polar surface area (TPSA) is 52.6 Å². The Morgan fingerprint density at radius 3 is 2.81 bits per heavy atom. The van der Waals surface area contributed by atoms with Gasteiger partial charge >= 0.3 is 5.97 Å². The van der Waals surface area contributed by atoms with E-state index in [0.29, 0.717) is 17.6 Å². The molecule has 0 unspecified atom stereocenters. The second kappa shape index (κ2) is 6.53. The number of carbonyl (C=O) groups is 2. The highest BCUT2D eigenvalue weighted by molar-refractivity contribution is 5.78. The van der Waals surface area contributed by atoms with Crippen LogP contribution in [-0.2, 0) is 14.3 Å². The third kappa shape index (κ3) is 3.67. The van der Waals surface area contributed by atoms with Crippen LogP contribution in [0.4, 0.5) is 0 Å². The standard InChI is InChI=1S/C12H12O4/c1-15-9-12(14)16-11-7-3-2-5-10(11)6-4-8-13/h2-8H,9H2,1H3. The number of methoxy groups -OCH3 is 1. The first-order chi connectivity index (χ1) is 7.77. The van der Waals surface area contributed by atoms with Gasteiger partial charge in [-0.25, -0.2) is 4.79 Å². The van der Waals surface area contributed by atoms with Gasteiger partial charge in [0.25, 0.3) is 0 Å². The van der Waals surface area contributed by atoms with Gasteiger partial charge < -0.3 is 9.47 Å². The number of rotatable bonds is 5. The van der Waals surface area contributed by atoms with E-state index in [2.05, 4.69) is 4.74 Å². The van der Waals surface area contributed by atoms with Gasteiger partial charge in [0.15, 0.2) is 0 Å². The lowest BCUT2D eigenvalue weighted by atomic mass is 10.2. The van der Waals surface area contributed by atoms with Crippen molar-refractivity contribution in [1.82, 2.24) is 0 Å². The molecule has 0 saturated heterocycles.